The molecule has 1 amide bonds. The molecule has 0 saturated carbocycles. The lowest BCUT2D eigenvalue weighted by Crippen LogP contribution is -2.32. The zero-order chi connectivity index (χ0) is 15.1. The van der Waals surface area contributed by atoms with E-state index in [1.807, 2.05) is 4.90 Å². The van der Waals surface area contributed by atoms with Gasteiger partial charge < -0.3 is 10.6 Å². The van der Waals surface area contributed by atoms with Crippen LogP contribution in [0, 0.1) is 17.7 Å². The van der Waals surface area contributed by atoms with Crippen molar-refractivity contribution in [2.45, 2.75) is 38.6 Å². The predicted molar refractivity (Wildman–Crippen MR) is 80.8 cm³/mol. The van der Waals surface area contributed by atoms with Crippen LogP contribution in [0.1, 0.15) is 43.2 Å². The highest BCUT2D eigenvalue weighted by Crippen LogP contribution is 2.16. The molecule has 2 N–H and O–H groups in total. The molecule has 0 unspecified atom stereocenters. The lowest BCUT2D eigenvalue weighted by Gasteiger charge is -2.25. The highest BCUT2D eigenvalue weighted by molar-refractivity contribution is 5.76. The Bertz CT molecular complexity index is 560. The van der Waals surface area contributed by atoms with Crippen molar-refractivity contribution in [3.05, 3.63) is 35.1 Å². The van der Waals surface area contributed by atoms with E-state index in [0.29, 0.717) is 18.5 Å². The zero-order valence-corrected chi connectivity index (χ0v) is 12.2. The summed E-state index contributed by atoms with van der Waals surface area (Å²) in [5, 5.41) is 0. The van der Waals surface area contributed by atoms with Gasteiger partial charge in [0.1, 0.15) is 5.82 Å². The van der Waals surface area contributed by atoms with E-state index < -0.39 is 0 Å². The van der Waals surface area contributed by atoms with Crippen LogP contribution in [0.15, 0.2) is 18.2 Å². The van der Waals surface area contributed by atoms with Gasteiger partial charge in [-0.25, -0.2) is 4.39 Å². The third-order valence-electron chi connectivity index (χ3n) is 3.65. The summed E-state index contributed by atoms with van der Waals surface area (Å²) in [7, 11) is 0. The Morgan fingerprint density at radius 1 is 1.24 bits per heavy atom. The highest BCUT2D eigenvalue weighted by atomic mass is 19.1. The van der Waals surface area contributed by atoms with Gasteiger partial charge in [-0.15, -0.1) is 0 Å². The summed E-state index contributed by atoms with van der Waals surface area (Å²) in [6.07, 6.45) is 4.91. The van der Waals surface area contributed by atoms with Gasteiger partial charge >= 0.3 is 0 Å². The standard InChI is InChI=1S/C17H21FN2O/c18-16-9-8-14(12-15(16)6-5-10-19)13-20-11-4-2-1-3-7-17(20)21/h8-9,12H,1-4,7,10-11,13,19H2. The van der Waals surface area contributed by atoms with E-state index in [1.54, 1.807) is 12.1 Å². The number of benzene rings is 1. The number of nitrogens with two attached hydrogens (primary N) is 1. The molecule has 1 aromatic rings. The molecule has 0 aliphatic carbocycles. The summed E-state index contributed by atoms with van der Waals surface area (Å²) >= 11 is 0. The van der Waals surface area contributed by atoms with E-state index in [2.05, 4.69) is 11.8 Å². The maximum atomic E-state index is 13.6. The number of rotatable bonds is 2. The van der Waals surface area contributed by atoms with Gasteiger partial charge in [-0.1, -0.05) is 30.7 Å². The third kappa shape index (κ3) is 4.57. The largest absolute Gasteiger partial charge is 0.338 e. The van der Waals surface area contributed by atoms with Crippen LogP contribution in [0.2, 0.25) is 0 Å². The first-order valence-electron chi connectivity index (χ1n) is 7.46. The van der Waals surface area contributed by atoms with Gasteiger partial charge in [-0.05, 0) is 30.5 Å². The van der Waals surface area contributed by atoms with E-state index in [0.717, 1.165) is 31.4 Å². The zero-order valence-electron chi connectivity index (χ0n) is 12.2. The Morgan fingerprint density at radius 3 is 2.86 bits per heavy atom. The highest BCUT2D eigenvalue weighted by Gasteiger charge is 2.16. The van der Waals surface area contributed by atoms with Crippen molar-refractivity contribution in [2.24, 2.45) is 5.73 Å². The number of likely N-dealkylation sites (tertiary alicyclic amines) is 1. The third-order valence-corrected chi connectivity index (χ3v) is 3.65. The predicted octanol–water partition coefficient (Wildman–Crippen LogP) is 2.43. The fraction of sp³-hybridized carbons (Fsp3) is 0.471. The molecule has 1 aliphatic rings. The Morgan fingerprint density at radius 2 is 2.05 bits per heavy atom. The molecule has 1 saturated heterocycles. The van der Waals surface area contributed by atoms with Crippen LogP contribution in [0.5, 0.6) is 0 Å². The van der Waals surface area contributed by atoms with Gasteiger partial charge in [0.25, 0.3) is 0 Å². The van der Waals surface area contributed by atoms with E-state index in [9.17, 15) is 9.18 Å². The maximum absolute atomic E-state index is 13.6. The quantitative estimate of drug-likeness (QED) is 0.850. The molecule has 0 bridgehead atoms. The SMILES string of the molecule is NCC#Cc1cc(CN2CCCCCCC2=O)ccc1F. The summed E-state index contributed by atoms with van der Waals surface area (Å²) in [5.74, 6) is 5.23. The molecule has 2 rings (SSSR count). The van der Waals surface area contributed by atoms with Gasteiger partial charge in [0.2, 0.25) is 5.91 Å². The van der Waals surface area contributed by atoms with Gasteiger partial charge in [0.05, 0.1) is 12.1 Å². The summed E-state index contributed by atoms with van der Waals surface area (Å²) in [6, 6.07) is 4.84. The molecule has 112 valence electrons. The van der Waals surface area contributed by atoms with Crippen LogP contribution in [-0.4, -0.2) is 23.9 Å². The van der Waals surface area contributed by atoms with Gasteiger partial charge in [0.15, 0.2) is 0 Å². The van der Waals surface area contributed by atoms with Crippen LogP contribution in [0.4, 0.5) is 4.39 Å². The number of halogens is 1. The van der Waals surface area contributed by atoms with E-state index in [-0.39, 0.29) is 18.3 Å². The Balaban J connectivity index is 2.12. The molecule has 0 radical (unpaired) electrons. The first kappa shape index (κ1) is 15.5. The topological polar surface area (TPSA) is 46.3 Å². The Kier molecular flexibility index (Phi) is 5.77. The van der Waals surface area contributed by atoms with E-state index in [1.165, 1.54) is 12.5 Å². The van der Waals surface area contributed by atoms with Crippen molar-refractivity contribution < 1.29 is 9.18 Å². The first-order chi connectivity index (χ1) is 10.2. The normalized spacial score (nSPS) is 15.9. The lowest BCUT2D eigenvalue weighted by atomic mass is 10.1. The second-order valence-corrected chi connectivity index (χ2v) is 5.30. The van der Waals surface area contributed by atoms with E-state index >= 15 is 0 Å². The van der Waals surface area contributed by atoms with Crippen molar-refractivity contribution in [2.75, 3.05) is 13.1 Å². The number of carbonyl (C=O) groups is 1. The number of hydrogen-bond donors (Lipinski definition) is 1. The smallest absolute Gasteiger partial charge is 0.222 e. The summed E-state index contributed by atoms with van der Waals surface area (Å²) in [4.78, 5) is 14.0. The van der Waals surface area contributed by atoms with Crippen LogP contribution in [0.25, 0.3) is 0 Å². The Labute approximate surface area is 125 Å². The maximum Gasteiger partial charge on any atom is 0.222 e. The van der Waals surface area contributed by atoms with Crippen LogP contribution < -0.4 is 5.73 Å². The molecular formula is C17H21FN2O. The molecule has 0 aromatic heterocycles. The minimum atomic E-state index is -0.348. The monoisotopic (exact) mass is 288 g/mol. The van der Waals surface area contributed by atoms with Crippen LogP contribution >= 0.6 is 0 Å². The van der Waals surface area contributed by atoms with Crippen molar-refractivity contribution in [3.63, 3.8) is 0 Å². The van der Waals surface area contributed by atoms with Crippen molar-refractivity contribution in [3.8, 4) is 11.8 Å². The minimum absolute atomic E-state index is 0.189. The average molecular weight is 288 g/mol. The van der Waals surface area contributed by atoms with Gasteiger partial charge in [0, 0.05) is 19.5 Å². The molecule has 4 heteroatoms. The molecule has 1 aromatic carbocycles. The molecule has 3 nitrogen and oxygen atoms in total. The van der Waals surface area contributed by atoms with Gasteiger partial charge in [-0.3, -0.25) is 4.79 Å². The molecule has 1 heterocycles. The van der Waals surface area contributed by atoms with Crippen LogP contribution in [-0.2, 0) is 11.3 Å². The molecule has 0 atom stereocenters. The lowest BCUT2D eigenvalue weighted by molar-refractivity contribution is -0.132. The number of carbonyl (C=O) groups excluding carboxylic acids is 1. The second-order valence-electron chi connectivity index (χ2n) is 5.30. The van der Waals surface area contributed by atoms with Crippen molar-refractivity contribution in [1.29, 1.82) is 0 Å². The molecular weight excluding hydrogens is 267 g/mol. The Hall–Kier alpha value is -1.86. The summed E-state index contributed by atoms with van der Waals surface area (Å²) in [5.41, 5.74) is 6.57. The average Bonchev–Trinajstić information content (AvgIpc) is 2.47. The molecule has 1 aliphatic heterocycles. The molecule has 21 heavy (non-hydrogen) atoms. The molecule has 1 fully saturated rings. The van der Waals surface area contributed by atoms with Gasteiger partial charge in [-0.2, -0.15) is 0 Å². The van der Waals surface area contributed by atoms with E-state index in [4.69, 9.17) is 5.73 Å². The summed E-state index contributed by atoms with van der Waals surface area (Å²) < 4.78 is 13.6. The fourth-order valence-electron chi connectivity index (χ4n) is 2.52. The first-order valence-corrected chi connectivity index (χ1v) is 7.46. The van der Waals surface area contributed by atoms with Crippen molar-refractivity contribution in [1.82, 2.24) is 4.90 Å². The van der Waals surface area contributed by atoms with Crippen LogP contribution in [0.3, 0.4) is 0 Å². The fourth-order valence-corrected chi connectivity index (χ4v) is 2.52. The molecule has 0 spiro atoms. The number of nitrogens with zero attached hydrogens (tertiary/aromatic N) is 1. The van der Waals surface area contributed by atoms with Crippen molar-refractivity contribution >= 4 is 5.91 Å². The number of hydrogen-bond acceptors (Lipinski definition) is 2. The minimum Gasteiger partial charge on any atom is -0.338 e. The summed E-state index contributed by atoms with van der Waals surface area (Å²) in [6.45, 7) is 1.50. The number of amides is 1. The second kappa shape index (κ2) is 7.80.